The van der Waals surface area contributed by atoms with E-state index in [1.165, 1.54) is 36.7 Å². The fourth-order valence-electron chi connectivity index (χ4n) is 7.76. The Kier molecular flexibility index (Phi) is 7.04. The number of benzene rings is 1. The first-order valence-corrected chi connectivity index (χ1v) is 13.7. The van der Waals surface area contributed by atoms with E-state index < -0.39 is 40.6 Å². The molecule has 12 heteroatoms. The van der Waals surface area contributed by atoms with Crippen molar-refractivity contribution >= 4 is 35.0 Å². The Balaban J connectivity index is 1.60. The fraction of sp³-hybridized carbons (Fsp3) is 0.571. The smallest absolute Gasteiger partial charge is 0.352 e. The number of Topliss-reactive ketones (excluding diaryl/α,β-unsaturated/α-hetero) is 1. The summed E-state index contributed by atoms with van der Waals surface area (Å²) in [5.41, 5.74) is -2.56. The first-order valence-electron chi connectivity index (χ1n) is 13.3. The number of anilines is 1. The summed E-state index contributed by atoms with van der Waals surface area (Å²) >= 11 is 6.39. The molecule has 2 aromatic rings. The van der Waals surface area contributed by atoms with Gasteiger partial charge in [-0.05, 0) is 81.0 Å². The van der Waals surface area contributed by atoms with Gasteiger partial charge in [0.05, 0.1) is 23.1 Å². The van der Waals surface area contributed by atoms with Crippen molar-refractivity contribution < 1.29 is 31.9 Å². The number of alkyl halides is 3. The maximum atomic E-state index is 14.3. The molecule has 0 aliphatic heterocycles. The Hall–Kier alpha value is -2.95. The van der Waals surface area contributed by atoms with E-state index in [9.17, 15) is 31.9 Å². The molecule has 2 unspecified atom stereocenters. The van der Waals surface area contributed by atoms with Gasteiger partial charge in [0, 0.05) is 18.0 Å². The van der Waals surface area contributed by atoms with E-state index in [-0.39, 0.29) is 65.8 Å². The summed E-state index contributed by atoms with van der Waals surface area (Å²) < 4.78 is 58.5. The van der Waals surface area contributed by atoms with Crippen LogP contribution in [0.1, 0.15) is 80.2 Å². The van der Waals surface area contributed by atoms with Crippen LogP contribution >= 0.6 is 11.6 Å². The number of nitrogens with zero attached hydrogens (tertiary/aromatic N) is 2. The summed E-state index contributed by atoms with van der Waals surface area (Å²) in [4.78, 5) is 43.4. The minimum absolute atomic E-state index is 0.0381. The molecule has 216 valence electrons. The number of ketones is 1. The molecule has 4 fully saturated rings. The van der Waals surface area contributed by atoms with E-state index >= 15 is 0 Å². The summed E-state index contributed by atoms with van der Waals surface area (Å²) in [6.45, 7) is 2.72. The predicted octanol–water partition coefficient (Wildman–Crippen LogP) is 5.86. The van der Waals surface area contributed by atoms with Gasteiger partial charge in [-0.25, -0.2) is 9.37 Å². The van der Waals surface area contributed by atoms with Gasteiger partial charge in [-0.15, -0.1) is 0 Å². The number of hydrogen-bond acceptors (Lipinski definition) is 4. The summed E-state index contributed by atoms with van der Waals surface area (Å²) in [6.07, 6.45) is -3.25. The zero-order valence-corrected chi connectivity index (χ0v) is 23.2. The zero-order valence-electron chi connectivity index (χ0n) is 22.4. The molecular weight excluding hydrogens is 552 g/mol. The Morgan fingerprint density at radius 3 is 2.40 bits per heavy atom. The van der Waals surface area contributed by atoms with E-state index in [2.05, 4.69) is 15.6 Å². The molecule has 0 saturated heterocycles. The molecular formula is C28H31ClF4N4O3. The van der Waals surface area contributed by atoms with Crippen molar-refractivity contribution in [2.24, 2.45) is 22.7 Å². The number of carbonyl (C=O) groups is 3. The van der Waals surface area contributed by atoms with Crippen molar-refractivity contribution in [3.8, 4) is 0 Å². The number of aromatic nitrogens is 2. The third kappa shape index (κ3) is 4.69. The molecule has 4 saturated carbocycles. The number of nitrogens with one attached hydrogen (secondary N) is 2. The first kappa shape index (κ1) is 28.6. The van der Waals surface area contributed by atoms with Crippen LogP contribution in [0.4, 0.5) is 23.4 Å². The van der Waals surface area contributed by atoms with Crippen LogP contribution in [-0.4, -0.2) is 40.4 Å². The quantitative estimate of drug-likeness (QED) is 0.400. The van der Waals surface area contributed by atoms with Crippen LogP contribution in [0.3, 0.4) is 0 Å². The molecule has 1 heterocycles. The lowest BCUT2D eigenvalue weighted by atomic mass is 9.43. The number of hydrogen-bond donors (Lipinski definition) is 2. The SMILES string of the molecule is CNC(=O)c1nc(NC(=O)C23CC4CC(C2)CC(C(F)(F)F)(C4)C3)c([C@H](C)c2cc(F)ccc2Cl)n1CC(C)=O. The van der Waals surface area contributed by atoms with E-state index in [0.717, 1.165) is 0 Å². The van der Waals surface area contributed by atoms with Gasteiger partial charge in [0.2, 0.25) is 11.7 Å². The molecule has 2 N–H and O–H groups in total. The van der Waals surface area contributed by atoms with Crippen LogP contribution in [-0.2, 0) is 16.1 Å². The molecule has 0 spiro atoms. The molecule has 6 rings (SSSR count). The van der Waals surface area contributed by atoms with Gasteiger partial charge in [0.25, 0.3) is 5.91 Å². The van der Waals surface area contributed by atoms with Crippen LogP contribution in [0.5, 0.6) is 0 Å². The number of rotatable bonds is 7. The summed E-state index contributed by atoms with van der Waals surface area (Å²) in [7, 11) is 1.38. The van der Waals surface area contributed by atoms with E-state index in [4.69, 9.17) is 11.6 Å². The van der Waals surface area contributed by atoms with Crippen LogP contribution in [0, 0.1) is 28.5 Å². The van der Waals surface area contributed by atoms with Crippen LogP contribution in [0.15, 0.2) is 18.2 Å². The second kappa shape index (κ2) is 9.85. The Morgan fingerprint density at radius 2 is 1.82 bits per heavy atom. The summed E-state index contributed by atoms with van der Waals surface area (Å²) in [5.74, 6) is -3.46. The monoisotopic (exact) mass is 582 g/mol. The minimum atomic E-state index is -4.42. The fourth-order valence-corrected chi connectivity index (χ4v) is 8.04. The third-order valence-corrected chi connectivity index (χ3v) is 9.37. The van der Waals surface area contributed by atoms with Gasteiger partial charge in [-0.2, -0.15) is 13.2 Å². The van der Waals surface area contributed by atoms with Crippen molar-refractivity contribution in [3.63, 3.8) is 0 Å². The summed E-state index contributed by atoms with van der Waals surface area (Å²) in [5, 5.41) is 5.45. The number of carbonyl (C=O) groups excluding carboxylic acids is 3. The highest BCUT2D eigenvalue weighted by Crippen LogP contribution is 2.69. The number of imidazole rings is 1. The number of halogens is 5. The lowest BCUT2D eigenvalue weighted by molar-refractivity contribution is -0.283. The van der Waals surface area contributed by atoms with Crippen LogP contribution in [0.25, 0.3) is 0 Å². The highest BCUT2D eigenvalue weighted by atomic mass is 35.5. The lowest BCUT2D eigenvalue weighted by Crippen LogP contribution is -2.60. The van der Waals surface area contributed by atoms with E-state index in [0.29, 0.717) is 24.8 Å². The molecule has 40 heavy (non-hydrogen) atoms. The lowest BCUT2D eigenvalue weighted by Gasteiger charge is -2.61. The molecule has 2 amide bonds. The molecule has 0 radical (unpaired) electrons. The molecule has 4 aliphatic carbocycles. The van der Waals surface area contributed by atoms with Crippen molar-refractivity contribution in [2.45, 2.75) is 71.0 Å². The second-order valence-electron chi connectivity index (χ2n) is 11.9. The van der Waals surface area contributed by atoms with Crippen molar-refractivity contribution in [3.05, 3.63) is 46.1 Å². The molecule has 7 nitrogen and oxygen atoms in total. The van der Waals surface area contributed by atoms with Gasteiger partial charge < -0.3 is 15.2 Å². The normalized spacial score (nSPS) is 27.9. The zero-order chi connectivity index (χ0) is 29.2. The van der Waals surface area contributed by atoms with Crippen LogP contribution in [0.2, 0.25) is 5.02 Å². The second-order valence-corrected chi connectivity index (χ2v) is 12.3. The minimum Gasteiger partial charge on any atom is -0.352 e. The van der Waals surface area contributed by atoms with Crippen molar-refractivity contribution in [1.82, 2.24) is 14.9 Å². The largest absolute Gasteiger partial charge is 0.394 e. The maximum absolute atomic E-state index is 14.3. The predicted molar refractivity (Wildman–Crippen MR) is 139 cm³/mol. The maximum Gasteiger partial charge on any atom is 0.394 e. The molecule has 1 aromatic carbocycles. The van der Waals surface area contributed by atoms with E-state index in [1.54, 1.807) is 6.92 Å². The van der Waals surface area contributed by atoms with Gasteiger partial charge in [0.1, 0.15) is 11.6 Å². The average Bonchev–Trinajstić information content (AvgIpc) is 3.19. The van der Waals surface area contributed by atoms with Gasteiger partial charge in [-0.3, -0.25) is 14.4 Å². The van der Waals surface area contributed by atoms with Crippen molar-refractivity contribution in [1.29, 1.82) is 0 Å². The highest BCUT2D eigenvalue weighted by molar-refractivity contribution is 6.31. The summed E-state index contributed by atoms with van der Waals surface area (Å²) in [6, 6.07) is 3.78. The Labute approximate surface area is 234 Å². The molecule has 4 bridgehead atoms. The molecule has 4 aliphatic rings. The van der Waals surface area contributed by atoms with Gasteiger partial charge in [0.15, 0.2) is 5.82 Å². The topological polar surface area (TPSA) is 93.1 Å². The highest BCUT2D eigenvalue weighted by Gasteiger charge is 2.69. The third-order valence-electron chi connectivity index (χ3n) is 9.03. The molecule has 1 aromatic heterocycles. The van der Waals surface area contributed by atoms with Crippen molar-refractivity contribution in [2.75, 3.05) is 12.4 Å². The van der Waals surface area contributed by atoms with E-state index in [1.807, 2.05) is 0 Å². The average molecular weight is 583 g/mol. The van der Waals surface area contributed by atoms with Crippen LogP contribution < -0.4 is 10.6 Å². The first-order chi connectivity index (χ1) is 18.7. The Morgan fingerprint density at radius 1 is 1.18 bits per heavy atom. The molecule has 3 atom stereocenters. The number of amides is 2. The van der Waals surface area contributed by atoms with Gasteiger partial charge in [-0.1, -0.05) is 18.5 Å². The Bertz CT molecular complexity index is 1370. The standard InChI is InChI=1S/C28H31ClF4N4O3/c1-14(38)12-37-21(15(2)19-7-18(30)4-5-20(19)29)22(35-23(37)24(39)34-3)36-25(40)26-8-16-6-17(9-26)11-27(10-16,13-26)28(31,32)33/h4-5,7,15-17H,6,8-13H2,1-3H3,(H,34,39)(H,36,40)/t15-,16?,17?,26?,27?/m1/s1. The van der Waals surface area contributed by atoms with Gasteiger partial charge >= 0.3 is 6.18 Å².